The van der Waals surface area contributed by atoms with Crippen molar-refractivity contribution in [3.8, 4) is 11.3 Å². The minimum Gasteiger partial charge on any atom is -0.455 e. The molecule has 3 aromatic carbocycles. The van der Waals surface area contributed by atoms with Gasteiger partial charge in [-0.25, -0.2) is 0 Å². The number of halogens is 3. The molecule has 0 radical (unpaired) electrons. The first-order valence-electron chi connectivity index (χ1n) is 12.6. The number of thioether (sulfide) groups is 1. The van der Waals surface area contributed by atoms with E-state index in [9.17, 15) is 9.59 Å². The Balaban J connectivity index is 1.29. The first-order chi connectivity index (χ1) is 19.9. The van der Waals surface area contributed by atoms with Gasteiger partial charge in [-0.1, -0.05) is 76.9 Å². The van der Waals surface area contributed by atoms with Crippen molar-refractivity contribution in [3.63, 3.8) is 0 Å². The van der Waals surface area contributed by atoms with Crippen LogP contribution in [0.2, 0.25) is 15.1 Å². The van der Waals surface area contributed by atoms with Gasteiger partial charge in [-0.2, -0.15) is 5.10 Å². The number of amides is 2. The van der Waals surface area contributed by atoms with Crippen molar-refractivity contribution in [2.45, 2.75) is 18.1 Å². The fourth-order valence-corrected chi connectivity index (χ4v) is 5.63. The van der Waals surface area contributed by atoms with Crippen LogP contribution in [-0.4, -0.2) is 39.9 Å². The number of nitrogens with one attached hydrogen (secondary N) is 1. The normalized spacial score (nSPS) is 16.2. The predicted octanol–water partition coefficient (Wildman–Crippen LogP) is 7.81. The standard InChI is InChI=1S/C30H23Cl3N4O3S/c31-21-7-9-22(10-8-21)35-28(38)17-27-29(39)37(15-14-19-4-2-1-3-5-19)30(41-27)36-34-18-23-11-13-26(40-23)20-6-12-24(32)25(33)16-20/h1-13,16,18,27H,14-15,17H2,(H,35,38)/b34-18+,36-30-. The van der Waals surface area contributed by atoms with Crippen molar-refractivity contribution in [2.75, 3.05) is 11.9 Å². The van der Waals surface area contributed by atoms with Crippen LogP contribution in [-0.2, 0) is 16.0 Å². The lowest BCUT2D eigenvalue weighted by Crippen LogP contribution is -2.35. The average molecular weight is 626 g/mol. The van der Waals surface area contributed by atoms with E-state index in [2.05, 4.69) is 15.5 Å². The van der Waals surface area contributed by atoms with Crippen LogP contribution < -0.4 is 5.32 Å². The smallest absolute Gasteiger partial charge is 0.242 e. The molecule has 7 nitrogen and oxygen atoms in total. The van der Waals surface area contributed by atoms with E-state index in [1.165, 1.54) is 18.0 Å². The van der Waals surface area contributed by atoms with Crippen molar-refractivity contribution in [1.82, 2.24) is 4.90 Å². The molecule has 1 atom stereocenters. The highest BCUT2D eigenvalue weighted by molar-refractivity contribution is 8.15. The summed E-state index contributed by atoms with van der Waals surface area (Å²) in [5.41, 5.74) is 2.46. The Bertz CT molecular complexity index is 1610. The quantitative estimate of drug-likeness (QED) is 0.152. The molecule has 11 heteroatoms. The zero-order chi connectivity index (χ0) is 28.8. The fraction of sp³-hybridized carbons (Fsp3) is 0.133. The highest BCUT2D eigenvalue weighted by Gasteiger charge is 2.39. The number of hydrogen-bond acceptors (Lipinski definition) is 6. The van der Waals surface area contributed by atoms with E-state index in [1.807, 2.05) is 36.4 Å². The molecular weight excluding hydrogens is 603 g/mol. The Morgan fingerprint density at radius 1 is 0.976 bits per heavy atom. The van der Waals surface area contributed by atoms with Gasteiger partial charge in [-0.3, -0.25) is 14.5 Å². The predicted molar refractivity (Wildman–Crippen MR) is 167 cm³/mol. The fourth-order valence-electron chi connectivity index (χ4n) is 4.08. The monoisotopic (exact) mass is 624 g/mol. The highest BCUT2D eigenvalue weighted by atomic mass is 35.5. The van der Waals surface area contributed by atoms with Crippen molar-refractivity contribution in [2.24, 2.45) is 10.2 Å². The SMILES string of the molecule is O=C(CC1S/C(=N\N=C\c2ccc(-c3ccc(Cl)c(Cl)c3)o2)N(CCc2ccccc2)C1=O)Nc1ccc(Cl)cc1. The zero-order valence-electron chi connectivity index (χ0n) is 21.5. The second-order valence-electron chi connectivity index (χ2n) is 9.05. The molecule has 2 amide bonds. The molecule has 0 aliphatic carbocycles. The van der Waals surface area contributed by atoms with Crippen LogP contribution in [0.15, 0.2) is 99.5 Å². The molecule has 5 rings (SSSR count). The second kappa shape index (κ2) is 13.4. The van der Waals surface area contributed by atoms with Gasteiger partial charge in [0.25, 0.3) is 0 Å². The maximum absolute atomic E-state index is 13.4. The van der Waals surface area contributed by atoms with E-state index >= 15 is 0 Å². The molecule has 1 aliphatic rings. The largest absolute Gasteiger partial charge is 0.455 e. The maximum atomic E-state index is 13.4. The molecule has 1 fully saturated rings. The number of nitrogens with zero attached hydrogens (tertiary/aromatic N) is 3. The minimum atomic E-state index is -0.628. The summed E-state index contributed by atoms with van der Waals surface area (Å²) in [6.07, 6.45) is 2.08. The zero-order valence-corrected chi connectivity index (χ0v) is 24.6. The molecule has 0 spiro atoms. The van der Waals surface area contributed by atoms with Gasteiger partial charge in [0.05, 0.1) is 16.3 Å². The summed E-state index contributed by atoms with van der Waals surface area (Å²) >= 11 is 19.3. The summed E-state index contributed by atoms with van der Waals surface area (Å²) in [4.78, 5) is 27.7. The van der Waals surface area contributed by atoms with Crippen LogP contribution in [0.5, 0.6) is 0 Å². The van der Waals surface area contributed by atoms with Gasteiger partial charge in [0.1, 0.15) is 16.8 Å². The highest BCUT2D eigenvalue weighted by Crippen LogP contribution is 2.31. The summed E-state index contributed by atoms with van der Waals surface area (Å²) in [5.74, 6) is 0.598. The number of carbonyl (C=O) groups is 2. The summed E-state index contributed by atoms with van der Waals surface area (Å²) < 4.78 is 5.85. The summed E-state index contributed by atoms with van der Waals surface area (Å²) in [7, 11) is 0. The second-order valence-corrected chi connectivity index (χ2v) is 11.5. The number of amidine groups is 1. The van der Waals surface area contributed by atoms with Crippen LogP contribution in [0.1, 0.15) is 17.7 Å². The topological polar surface area (TPSA) is 87.3 Å². The molecule has 1 unspecified atom stereocenters. The van der Waals surface area contributed by atoms with Crippen LogP contribution in [0, 0.1) is 0 Å². The number of anilines is 1. The first-order valence-corrected chi connectivity index (χ1v) is 14.6. The van der Waals surface area contributed by atoms with E-state index < -0.39 is 5.25 Å². The van der Waals surface area contributed by atoms with Crippen molar-refractivity contribution in [3.05, 3.63) is 111 Å². The molecule has 2 heterocycles. The molecule has 1 saturated heterocycles. The van der Waals surface area contributed by atoms with Gasteiger partial charge >= 0.3 is 0 Å². The Labute approximate surface area is 256 Å². The molecule has 1 aliphatic heterocycles. The van der Waals surface area contributed by atoms with E-state index in [1.54, 1.807) is 53.4 Å². The van der Waals surface area contributed by atoms with Gasteiger partial charge < -0.3 is 9.73 Å². The Morgan fingerprint density at radius 2 is 1.76 bits per heavy atom. The molecule has 0 bridgehead atoms. The lowest BCUT2D eigenvalue weighted by atomic mass is 10.1. The molecule has 208 valence electrons. The summed E-state index contributed by atoms with van der Waals surface area (Å²) in [5, 5.41) is 12.6. The van der Waals surface area contributed by atoms with Crippen LogP contribution in [0.25, 0.3) is 11.3 Å². The summed E-state index contributed by atoms with van der Waals surface area (Å²) in [6, 6.07) is 25.4. The first kappa shape index (κ1) is 29.0. The molecule has 4 aromatic rings. The minimum absolute atomic E-state index is 0.0120. The molecule has 1 N–H and O–H groups in total. The molecule has 0 saturated carbocycles. The number of furan rings is 1. The molecule has 41 heavy (non-hydrogen) atoms. The maximum Gasteiger partial charge on any atom is 0.242 e. The number of carbonyl (C=O) groups excluding carboxylic acids is 2. The van der Waals surface area contributed by atoms with Gasteiger partial charge in [-0.15, -0.1) is 5.10 Å². The number of benzene rings is 3. The van der Waals surface area contributed by atoms with Crippen LogP contribution in [0.4, 0.5) is 5.69 Å². The van der Waals surface area contributed by atoms with Gasteiger partial charge in [-0.05, 0) is 66.6 Å². The average Bonchev–Trinajstić information content (AvgIpc) is 3.55. The molecular formula is C30H23Cl3N4O3S. The molecule has 1 aromatic heterocycles. The van der Waals surface area contributed by atoms with Gasteiger partial charge in [0, 0.05) is 29.2 Å². The third-order valence-electron chi connectivity index (χ3n) is 6.14. The van der Waals surface area contributed by atoms with E-state index in [0.29, 0.717) is 50.4 Å². The van der Waals surface area contributed by atoms with Crippen molar-refractivity contribution >= 4 is 75.4 Å². The number of hydrogen-bond donors (Lipinski definition) is 1. The van der Waals surface area contributed by atoms with Gasteiger partial charge in [0.15, 0.2) is 5.17 Å². The van der Waals surface area contributed by atoms with Gasteiger partial charge in [0.2, 0.25) is 11.8 Å². The summed E-state index contributed by atoms with van der Waals surface area (Å²) in [6.45, 7) is 0.404. The van der Waals surface area contributed by atoms with E-state index in [0.717, 1.165) is 11.1 Å². The van der Waals surface area contributed by atoms with Crippen LogP contribution in [0.3, 0.4) is 0 Å². The Kier molecular flexibility index (Phi) is 9.46. The third-order valence-corrected chi connectivity index (χ3v) is 8.30. The lowest BCUT2D eigenvalue weighted by molar-refractivity contribution is -0.128. The van der Waals surface area contributed by atoms with Crippen LogP contribution >= 0.6 is 46.6 Å². The van der Waals surface area contributed by atoms with Crippen molar-refractivity contribution < 1.29 is 14.0 Å². The van der Waals surface area contributed by atoms with E-state index in [4.69, 9.17) is 39.2 Å². The van der Waals surface area contributed by atoms with Crippen molar-refractivity contribution in [1.29, 1.82) is 0 Å². The Morgan fingerprint density at radius 3 is 2.51 bits per heavy atom. The Hall–Kier alpha value is -3.56. The number of rotatable bonds is 9. The lowest BCUT2D eigenvalue weighted by Gasteiger charge is -2.15. The van der Waals surface area contributed by atoms with E-state index in [-0.39, 0.29) is 18.2 Å². The third kappa shape index (κ3) is 7.59.